The fourth-order valence-electron chi connectivity index (χ4n) is 3.22. The summed E-state index contributed by atoms with van der Waals surface area (Å²) in [4.78, 5) is 12.6. The van der Waals surface area contributed by atoms with Crippen LogP contribution in [0.4, 0.5) is 4.39 Å². The van der Waals surface area contributed by atoms with Crippen LogP contribution in [0.2, 0.25) is 0 Å². The van der Waals surface area contributed by atoms with Gasteiger partial charge in [-0.25, -0.2) is 9.07 Å². The summed E-state index contributed by atoms with van der Waals surface area (Å²) in [5.74, 6) is -0.422. The van der Waals surface area contributed by atoms with Crippen molar-refractivity contribution in [3.05, 3.63) is 47.0 Å². The first-order valence-electron chi connectivity index (χ1n) is 9.43. The zero-order valence-electron chi connectivity index (χ0n) is 15.3. The molecule has 1 aromatic heterocycles. The highest BCUT2D eigenvalue weighted by molar-refractivity contribution is 5.94. The van der Waals surface area contributed by atoms with Gasteiger partial charge in [0, 0.05) is 31.0 Å². The Morgan fingerprint density at radius 3 is 2.77 bits per heavy atom. The summed E-state index contributed by atoms with van der Waals surface area (Å²) >= 11 is 0. The minimum atomic E-state index is -0.281. The molecule has 0 saturated heterocycles. The highest BCUT2D eigenvalue weighted by atomic mass is 19.1. The maximum absolute atomic E-state index is 13.2. The van der Waals surface area contributed by atoms with E-state index in [1.165, 1.54) is 12.1 Å². The number of ether oxygens (including phenoxy) is 1. The summed E-state index contributed by atoms with van der Waals surface area (Å²) in [6, 6.07) is 6.21. The number of carbonyl (C=O) groups is 1. The van der Waals surface area contributed by atoms with E-state index in [0.29, 0.717) is 18.8 Å². The van der Waals surface area contributed by atoms with E-state index in [2.05, 4.69) is 17.3 Å². The van der Waals surface area contributed by atoms with Gasteiger partial charge >= 0.3 is 0 Å². The number of hydrogen-bond acceptors (Lipinski definition) is 3. The van der Waals surface area contributed by atoms with Crippen LogP contribution in [-0.2, 0) is 17.6 Å². The quantitative estimate of drug-likeness (QED) is 0.698. The number of benzene rings is 1. The number of rotatable bonds is 9. The van der Waals surface area contributed by atoms with Gasteiger partial charge in [0.2, 0.25) is 0 Å². The molecule has 2 aromatic rings. The highest BCUT2D eigenvalue weighted by Crippen LogP contribution is 2.27. The third-order valence-corrected chi connectivity index (χ3v) is 4.61. The van der Waals surface area contributed by atoms with E-state index in [-0.39, 0.29) is 11.7 Å². The molecule has 5 nitrogen and oxygen atoms in total. The summed E-state index contributed by atoms with van der Waals surface area (Å²) in [7, 11) is 0. The number of nitrogens with zero attached hydrogens (tertiary/aromatic N) is 2. The maximum atomic E-state index is 13.2. The number of aromatic nitrogens is 2. The van der Waals surface area contributed by atoms with E-state index >= 15 is 0 Å². The summed E-state index contributed by atoms with van der Waals surface area (Å²) in [5.41, 5.74) is 3.36. The number of amides is 1. The normalized spacial score (nSPS) is 13.0. The minimum Gasteiger partial charge on any atom is -0.381 e. The van der Waals surface area contributed by atoms with Gasteiger partial charge < -0.3 is 10.1 Å². The van der Waals surface area contributed by atoms with Gasteiger partial charge in [-0.1, -0.05) is 13.3 Å². The van der Waals surface area contributed by atoms with Gasteiger partial charge in [0.1, 0.15) is 5.82 Å². The number of nitrogens with one attached hydrogen (secondary N) is 1. The van der Waals surface area contributed by atoms with Gasteiger partial charge in [-0.05, 0) is 56.4 Å². The minimum absolute atomic E-state index is 0.141. The van der Waals surface area contributed by atoms with E-state index in [0.717, 1.165) is 62.1 Å². The molecule has 3 rings (SSSR count). The summed E-state index contributed by atoms with van der Waals surface area (Å²) in [6.07, 6.45) is 5.74. The SMILES string of the molecule is CCCCOCCCNC(=O)c1nn(-c2ccc(F)cc2)c2c1CCC2. The monoisotopic (exact) mass is 359 g/mol. The van der Waals surface area contributed by atoms with Gasteiger partial charge in [0.05, 0.1) is 5.69 Å². The largest absolute Gasteiger partial charge is 0.381 e. The Labute approximate surface area is 153 Å². The second-order valence-corrected chi connectivity index (χ2v) is 6.59. The summed E-state index contributed by atoms with van der Waals surface area (Å²) in [5, 5.41) is 7.46. The smallest absolute Gasteiger partial charge is 0.272 e. The molecule has 0 atom stereocenters. The molecular weight excluding hydrogens is 333 g/mol. The predicted molar refractivity (Wildman–Crippen MR) is 98.2 cm³/mol. The fourth-order valence-corrected chi connectivity index (χ4v) is 3.22. The number of halogens is 1. The second kappa shape index (κ2) is 8.94. The molecule has 0 fully saturated rings. The first kappa shape index (κ1) is 18.6. The Morgan fingerprint density at radius 2 is 2.00 bits per heavy atom. The van der Waals surface area contributed by atoms with Crippen LogP contribution < -0.4 is 5.32 Å². The molecule has 1 amide bonds. The molecule has 0 bridgehead atoms. The van der Waals surface area contributed by atoms with Gasteiger partial charge in [-0.3, -0.25) is 4.79 Å². The lowest BCUT2D eigenvalue weighted by atomic mass is 10.2. The standard InChI is InChI=1S/C20H26FN3O2/c1-2-3-13-26-14-5-12-22-20(25)19-17-6-4-7-18(17)24(23-19)16-10-8-15(21)9-11-16/h8-11H,2-7,12-14H2,1H3,(H,22,25). The number of unbranched alkanes of at least 4 members (excludes halogenated alkanes) is 1. The Bertz CT molecular complexity index is 740. The van der Waals surface area contributed by atoms with E-state index < -0.39 is 0 Å². The van der Waals surface area contributed by atoms with Gasteiger partial charge in [-0.2, -0.15) is 5.10 Å². The van der Waals surface area contributed by atoms with Crippen molar-refractivity contribution in [1.29, 1.82) is 0 Å². The molecule has 6 heteroatoms. The average Bonchev–Trinajstić information content (AvgIpc) is 3.24. The fraction of sp³-hybridized carbons (Fsp3) is 0.500. The van der Waals surface area contributed by atoms with Crippen molar-refractivity contribution in [3.63, 3.8) is 0 Å². The number of carbonyl (C=O) groups excluding carboxylic acids is 1. The molecule has 1 aromatic carbocycles. The maximum Gasteiger partial charge on any atom is 0.272 e. The van der Waals surface area contributed by atoms with Gasteiger partial charge in [0.25, 0.3) is 5.91 Å². The van der Waals surface area contributed by atoms with Crippen LogP contribution in [0.3, 0.4) is 0 Å². The lowest BCUT2D eigenvalue weighted by Gasteiger charge is -2.06. The lowest BCUT2D eigenvalue weighted by Crippen LogP contribution is -2.26. The van der Waals surface area contributed by atoms with Crippen molar-refractivity contribution in [1.82, 2.24) is 15.1 Å². The number of hydrogen-bond donors (Lipinski definition) is 1. The third-order valence-electron chi connectivity index (χ3n) is 4.61. The van der Waals surface area contributed by atoms with Crippen LogP contribution >= 0.6 is 0 Å². The molecule has 0 saturated carbocycles. The first-order chi connectivity index (χ1) is 12.7. The molecule has 140 valence electrons. The van der Waals surface area contributed by atoms with E-state index in [4.69, 9.17) is 4.74 Å². The lowest BCUT2D eigenvalue weighted by molar-refractivity contribution is 0.0934. The Balaban J connectivity index is 1.62. The van der Waals surface area contributed by atoms with Crippen molar-refractivity contribution in [3.8, 4) is 5.69 Å². The van der Waals surface area contributed by atoms with Crippen LogP contribution in [0, 0.1) is 5.82 Å². The van der Waals surface area contributed by atoms with E-state index in [9.17, 15) is 9.18 Å². The molecule has 1 heterocycles. The molecule has 1 aliphatic rings. The second-order valence-electron chi connectivity index (χ2n) is 6.59. The van der Waals surface area contributed by atoms with Crippen LogP contribution in [0.5, 0.6) is 0 Å². The van der Waals surface area contributed by atoms with Crippen molar-refractivity contribution in [2.45, 2.75) is 45.4 Å². The van der Waals surface area contributed by atoms with Crippen molar-refractivity contribution in [2.75, 3.05) is 19.8 Å². The van der Waals surface area contributed by atoms with Crippen molar-refractivity contribution >= 4 is 5.91 Å². The molecule has 0 unspecified atom stereocenters. The first-order valence-corrected chi connectivity index (χ1v) is 9.43. The average molecular weight is 359 g/mol. The molecule has 0 aliphatic heterocycles. The Kier molecular flexibility index (Phi) is 6.39. The molecule has 1 aliphatic carbocycles. The topological polar surface area (TPSA) is 56.1 Å². The summed E-state index contributed by atoms with van der Waals surface area (Å²) < 4.78 is 20.5. The van der Waals surface area contributed by atoms with Gasteiger partial charge in [-0.15, -0.1) is 0 Å². The zero-order chi connectivity index (χ0) is 18.4. The van der Waals surface area contributed by atoms with Crippen LogP contribution in [0.1, 0.15) is 54.4 Å². The van der Waals surface area contributed by atoms with Gasteiger partial charge in [0.15, 0.2) is 5.69 Å². The van der Waals surface area contributed by atoms with Crippen molar-refractivity contribution < 1.29 is 13.9 Å². The zero-order valence-corrected chi connectivity index (χ0v) is 15.3. The molecule has 0 radical (unpaired) electrons. The Hall–Kier alpha value is -2.21. The molecule has 26 heavy (non-hydrogen) atoms. The summed E-state index contributed by atoms with van der Waals surface area (Å²) in [6.45, 7) is 4.14. The third kappa shape index (κ3) is 4.30. The van der Waals surface area contributed by atoms with Crippen LogP contribution in [0.15, 0.2) is 24.3 Å². The molecular formula is C20H26FN3O2. The van der Waals surface area contributed by atoms with E-state index in [1.807, 2.05) is 0 Å². The van der Waals surface area contributed by atoms with Crippen LogP contribution in [0.25, 0.3) is 5.69 Å². The predicted octanol–water partition coefficient (Wildman–Crippen LogP) is 3.44. The van der Waals surface area contributed by atoms with Crippen molar-refractivity contribution in [2.24, 2.45) is 0 Å². The Morgan fingerprint density at radius 1 is 1.23 bits per heavy atom. The molecule has 0 spiro atoms. The van der Waals surface area contributed by atoms with E-state index in [1.54, 1.807) is 16.8 Å². The van der Waals surface area contributed by atoms with Crippen LogP contribution in [-0.4, -0.2) is 35.4 Å². The molecule has 1 N–H and O–H groups in total. The number of fused-ring (bicyclic) bond motifs is 1. The highest BCUT2D eigenvalue weighted by Gasteiger charge is 2.26.